The molecule has 1 aromatic rings. The van der Waals surface area contributed by atoms with E-state index in [-0.39, 0.29) is 0 Å². The lowest BCUT2D eigenvalue weighted by Gasteiger charge is -2.28. The first kappa shape index (κ1) is 11.4. The molecule has 1 fully saturated rings. The number of anilines is 1. The topological polar surface area (TPSA) is 57.0 Å². The zero-order valence-corrected chi connectivity index (χ0v) is 10.1. The van der Waals surface area contributed by atoms with E-state index in [0.717, 1.165) is 0 Å². The average Bonchev–Trinajstić information content (AvgIpc) is 2.31. The summed E-state index contributed by atoms with van der Waals surface area (Å²) in [5.74, 6) is 1.89. The largest absolute Gasteiger partial charge is 0.354 e. The van der Waals surface area contributed by atoms with Gasteiger partial charge in [0.1, 0.15) is 16.9 Å². The van der Waals surface area contributed by atoms with Crippen molar-refractivity contribution in [3.8, 4) is 6.07 Å². The van der Waals surface area contributed by atoms with Gasteiger partial charge in [-0.05, 0) is 6.07 Å². The van der Waals surface area contributed by atoms with Crippen molar-refractivity contribution in [1.29, 1.82) is 5.26 Å². The zero-order valence-electron chi connectivity index (χ0n) is 8.52. The van der Waals surface area contributed by atoms with Crippen molar-refractivity contribution < 1.29 is 4.21 Å². The molecule has 0 aliphatic carbocycles. The van der Waals surface area contributed by atoms with Crippen LogP contribution in [0.15, 0.2) is 12.3 Å². The standard InChI is InChI=1S/C10H10ClN3OS/c11-9-8(7-12)1-2-13-10(9)14-3-5-16(15)6-4-14/h1-2H,3-6H2. The Morgan fingerprint density at radius 1 is 1.50 bits per heavy atom. The number of nitriles is 1. The fourth-order valence-electron chi connectivity index (χ4n) is 1.59. The second-order valence-corrected chi connectivity index (χ2v) is 5.52. The van der Waals surface area contributed by atoms with Crippen molar-refractivity contribution in [2.75, 3.05) is 29.5 Å². The summed E-state index contributed by atoms with van der Waals surface area (Å²) < 4.78 is 11.2. The molecule has 2 rings (SSSR count). The minimum atomic E-state index is -0.726. The SMILES string of the molecule is N#Cc1ccnc(N2CCS(=O)CC2)c1Cl. The molecule has 0 unspecified atom stereocenters. The average molecular weight is 256 g/mol. The molecule has 0 bridgehead atoms. The molecule has 6 heteroatoms. The second kappa shape index (κ2) is 4.81. The van der Waals surface area contributed by atoms with Gasteiger partial charge >= 0.3 is 0 Å². The molecule has 84 valence electrons. The maximum absolute atomic E-state index is 11.2. The van der Waals surface area contributed by atoms with E-state index in [4.69, 9.17) is 16.9 Å². The van der Waals surface area contributed by atoms with E-state index >= 15 is 0 Å². The first-order chi connectivity index (χ1) is 7.72. The lowest BCUT2D eigenvalue weighted by atomic mass is 10.2. The highest BCUT2D eigenvalue weighted by Crippen LogP contribution is 2.26. The molecular weight excluding hydrogens is 246 g/mol. The monoisotopic (exact) mass is 255 g/mol. The van der Waals surface area contributed by atoms with Gasteiger partial charge in [0.05, 0.1) is 5.56 Å². The molecule has 16 heavy (non-hydrogen) atoms. The van der Waals surface area contributed by atoms with Crippen molar-refractivity contribution >= 4 is 28.2 Å². The molecule has 1 saturated heterocycles. The van der Waals surface area contributed by atoms with Crippen molar-refractivity contribution in [3.05, 3.63) is 22.8 Å². The van der Waals surface area contributed by atoms with E-state index < -0.39 is 10.8 Å². The number of hydrogen-bond donors (Lipinski definition) is 0. The van der Waals surface area contributed by atoms with Crippen LogP contribution in [0, 0.1) is 11.3 Å². The highest BCUT2D eigenvalue weighted by atomic mass is 35.5. The smallest absolute Gasteiger partial charge is 0.148 e. The van der Waals surface area contributed by atoms with Crippen LogP contribution in [0.4, 0.5) is 5.82 Å². The van der Waals surface area contributed by atoms with E-state index in [1.807, 2.05) is 11.0 Å². The van der Waals surface area contributed by atoms with Gasteiger partial charge in [0, 0.05) is 41.6 Å². The third-order valence-corrected chi connectivity index (χ3v) is 4.12. The number of halogens is 1. The maximum atomic E-state index is 11.2. The molecule has 0 spiro atoms. The Balaban J connectivity index is 2.28. The predicted molar refractivity (Wildman–Crippen MR) is 64.1 cm³/mol. The summed E-state index contributed by atoms with van der Waals surface area (Å²) >= 11 is 6.08. The van der Waals surface area contributed by atoms with Gasteiger partial charge in [0.25, 0.3) is 0 Å². The summed E-state index contributed by atoms with van der Waals surface area (Å²) in [7, 11) is -0.726. The van der Waals surface area contributed by atoms with Crippen LogP contribution in [0.3, 0.4) is 0 Å². The number of pyridine rings is 1. The fourth-order valence-corrected chi connectivity index (χ4v) is 2.91. The molecule has 0 radical (unpaired) electrons. The van der Waals surface area contributed by atoms with Crippen LogP contribution in [0.2, 0.25) is 5.02 Å². The van der Waals surface area contributed by atoms with Crippen molar-refractivity contribution in [3.63, 3.8) is 0 Å². The van der Waals surface area contributed by atoms with Crippen LogP contribution in [0.1, 0.15) is 5.56 Å². The lowest BCUT2D eigenvalue weighted by Crippen LogP contribution is -2.38. The summed E-state index contributed by atoms with van der Waals surface area (Å²) in [5, 5.41) is 9.24. The van der Waals surface area contributed by atoms with Gasteiger partial charge in [-0.2, -0.15) is 5.26 Å². The molecule has 0 amide bonds. The minimum absolute atomic E-state index is 0.387. The molecule has 0 saturated carbocycles. The van der Waals surface area contributed by atoms with Crippen LogP contribution < -0.4 is 4.90 Å². The Morgan fingerprint density at radius 2 is 2.19 bits per heavy atom. The van der Waals surface area contributed by atoms with Crippen molar-refractivity contribution in [1.82, 2.24) is 4.98 Å². The summed E-state index contributed by atoms with van der Waals surface area (Å²) in [6.07, 6.45) is 1.57. The molecule has 2 heterocycles. The quantitative estimate of drug-likeness (QED) is 0.756. The highest BCUT2D eigenvalue weighted by molar-refractivity contribution is 7.85. The molecule has 1 aliphatic heterocycles. The summed E-state index contributed by atoms with van der Waals surface area (Å²) in [5.41, 5.74) is 0.429. The van der Waals surface area contributed by atoms with Crippen LogP contribution >= 0.6 is 11.6 Å². The van der Waals surface area contributed by atoms with Crippen molar-refractivity contribution in [2.45, 2.75) is 0 Å². The van der Waals surface area contributed by atoms with Gasteiger partial charge in [0.2, 0.25) is 0 Å². The van der Waals surface area contributed by atoms with Gasteiger partial charge in [-0.1, -0.05) is 11.6 Å². The molecule has 1 aromatic heterocycles. The summed E-state index contributed by atoms with van der Waals surface area (Å²) in [6, 6.07) is 3.62. The Labute approximate surface area is 101 Å². The van der Waals surface area contributed by atoms with Crippen LogP contribution in [-0.4, -0.2) is 33.8 Å². The van der Waals surface area contributed by atoms with Crippen molar-refractivity contribution in [2.24, 2.45) is 0 Å². The third-order valence-electron chi connectivity index (χ3n) is 2.47. The van der Waals surface area contributed by atoms with E-state index in [0.29, 0.717) is 41.0 Å². The fraction of sp³-hybridized carbons (Fsp3) is 0.400. The lowest BCUT2D eigenvalue weighted by molar-refractivity contribution is 0.672. The number of hydrogen-bond acceptors (Lipinski definition) is 4. The Hall–Kier alpha value is -1.12. The minimum Gasteiger partial charge on any atom is -0.354 e. The van der Waals surface area contributed by atoms with Crippen LogP contribution in [0.25, 0.3) is 0 Å². The molecule has 1 aliphatic rings. The Morgan fingerprint density at radius 3 is 2.81 bits per heavy atom. The van der Waals surface area contributed by atoms with Crippen LogP contribution in [-0.2, 0) is 10.8 Å². The second-order valence-electron chi connectivity index (χ2n) is 3.44. The number of nitrogens with zero attached hydrogens (tertiary/aromatic N) is 3. The summed E-state index contributed by atoms with van der Waals surface area (Å²) in [4.78, 5) is 6.16. The van der Waals surface area contributed by atoms with Gasteiger partial charge in [-0.3, -0.25) is 4.21 Å². The number of aromatic nitrogens is 1. The van der Waals surface area contributed by atoms with E-state index in [9.17, 15) is 4.21 Å². The first-order valence-corrected chi connectivity index (χ1v) is 6.73. The first-order valence-electron chi connectivity index (χ1n) is 4.87. The third kappa shape index (κ3) is 2.18. The van der Waals surface area contributed by atoms with E-state index in [1.165, 1.54) is 0 Å². The molecular formula is C10H10ClN3OS. The van der Waals surface area contributed by atoms with E-state index in [1.54, 1.807) is 12.3 Å². The summed E-state index contributed by atoms with van der Waals surface area (Å²) in [6.45, 7) is 1.35. The zero-order chi connectivity index (χ0) is 11.5. The van der Waals surface area contributed by atoms with Gasteiger partial charge in [-0.15, -0.1) is 0 Å². The van der Waals surface area contributed by atoms with Crippen LogP contribution in [0.5, 0.6) is 0 Å². The number of rotatable bonds is 1. The normalized spacial score (nSPS) is 17.1. The molecule has 0 N–H and O–H groups in total. The predicted octanol–water partition coefficient (Wildman–Crippen LogP) is 1.18. The highest BCUT2D eigenvalue weighted by Gasteiger charge is 2.19. The van der Waals surface area contributed by atoms with Gasteiger partial charge in [-0.25, -0.2) is 4.98 Å². The molecule has 0 aromatic carbocycles. The Kier molecular flexibility index (Phi) is 3.42. The Bertz CT molecular complexity index is 462. The van der Waals surface area contributed by atoms with E-state index in [2.05, 4.69) is 4.98 Å². The van der Waals surface area contributed by atoms with Gasteiger partial charge in [0.15, 0.2) is 0 Å². The molecule has 4 nitrogen and oxygen atoms in total. The maximum Gasteiger partial charge on any atom is 0.148 e. The van der Waals surface area contributed by atoms with Gasteiger partial charge < -0.3 is 4.90 Å². The molecule has 0 atom stereocenters.